The topological polar surface area (TPSA) is 47.8 Å². The number of carbonyl (C=O) groups excluding carboxylic acids is 1. The third-order valence-electron chi connectivity index (χ3n) is 4.82. The molecule has 0 unspecified atom stereocenters. The van der Waals surface area contributed by atoms with Gasteiger partial charge in [0.05, 0.1) is 5.52 Å². The number of carbonyl (C=O) groups is 1. The Morgan fingerprint density at radius 2 is 1.85 bits per heavy atom. The van der Waals surface area contributed by atoms with Gasteiger partial charge in [-0.25, -0.2) is 4.68 Å². The largest absolute Gasteiger partial charge is 0.292 e. The molecule has 4 nitrogen and oxygen atoms in total. The summed E-state index contributed by atoms with van der Waals surface area (Å²) in [6.45, 7) is 0. The Kier molecular flexibility index (Phi) is 3.80. The van der Waals surface area contributed by atoms with Gasteiger partial charge in [0.2, 0.25) is 0 Å². The molecule has 0 N–H and O–H groups in total. The van der Waals surface area contributed by atoms with Crippen LogP contribution in [0.25, 0.3) is 16.6 Å². The Bertz CT molecular complexity index is 1090. The van der Waals surface area contributed by atoms with Gasteiger partial charge < -0.3 is 0 Å². The summed E-state index contributed by atoms with van der Waals surface area (Å²) in [7, 11) is 0. The normalized spacial score (nSPS) is 20.5. The zero-order valence-electron chi connectivity index (χ0n) is 13.8. The number of rotatable bonds is 3. The van der Waals surface area contributed by atoms with Crippen molar-refractivity contribution in [2.75, 3.05) is 0 Å². The van der Waals surface area contributed by atoms with Crippen molar-refractivity contribution in [1.82, 2.24) is 15.0 Å². The summed E-state index contributed by atoms with van der Waals surface area (Å²) in [6.07, 6.45) is 2.63. The minimum absolute atomic E-state index is 0.0645. The van der Waals surface area contributed by atoms with Gasteiger partial charge in [0.25, 0.3) is 0 Å². The number of hydrogen-bond acceptors (Lipinski definition) is 5. The first kappa shape index (κ1) is 15.7. The van der Waals surface area contributed by atoms with Crippen LogP contribution in [0.3, 0.4) is 0 Å². The molecular formula is C20H15N3OS2. The van der Waals surface area contributed by atoms with Crippen LogP contribution in [0.1, 0.15) is 28.1 Å². The minimum atomic E-state index is -0.357. The molecule has 0 amide bonds. The molecule has 128 valence electrons. The predicted molar refractivity (Wildman–Crippen MR) is 106 cm³/mol. The van der Waals surface area contributed by atoms with Crippen LogP contribution in [-0.4, -0.2) is 20.8 Å². The number of para-hydroxylation sites is 1. The first-order valence-corrected chi connectivity index (χ1v) is 10.2. The monoisotopic (exact) mass is 377 g/mol. The van der Waals surface area contributed by atoms with Crippen LogP contribution in [0.2, 0.25) is 0 Å². The summed E-state index contributed by atoms with van der Waals surface area (Å²) in [4.78, 5) is 15.6. The van der Waals surface area contributed by atoms with Crippen molar-refractivity contribution in [3.63, 3.8) is 0 Å². The summed E-state index contributed by atoms with van der Waals surface area (Å²) in [5, 5.41) is 12.7. The maximum absolute atomic E-state index is 13.2. The third kappa shape index (κ3) is 2.53. The van der Waals surface area contributed by atoms with Crippen LogP contribution >= 0.6 is 22.7 Å². The van der Waals surface area contributed by atoms with Crippen molar-refractivity contribution < 1.29 is 4.79 Å². The van der Waals surface area contributed by atoms with E-state index in [0.717, 1.165) is 23.0 Å². The molecule has 5 rings (SSSR count). The molecule has 1 aromatic carbocycles. The summed E-state index contributed by atoms with van der Waals surface area (Å²) < 4.78 is 1.81. The fourth-order valence-corrected chi connectivity index (χ4v) is 5.25. The lowest BCUT2D eigenvalue weighted by Gasteiger charge is -2.29. The summed E-state index contributed by atoms with van der Waals surface area (Å²) in [5.74, 6) is 0.156. The molecule has 0 bridgehead atoms. The van der Waals surface area contributed by atoms with Gasteiger partial charge in [-0.15, -0.1) is 27.8 Å². The smallest absolute Gasteiger partial charge is 0.181 e. The molecule has 0 spiro atoms. The number of nitrogens with zero attached hydrogens (tertiary/aromatic N) is 3. The highest BCUT2D eigenvalue weighted by molar-refractivity contribution is 7.11. The van der Waals surface area contributed by atoms with Crippen LogP contribution in [0.5, 0.6) is 0 Å². The van der Waals surface area contributed by atoms with Gasteiger partial charge in [0.1, 0.15) is 11.6 Å². The zero-order chi connectivity index (χ0) is 17.5. The first-order valence-electron chi connectivity index (χ1n) is 8.43. The van der Waals surface area contributed by atoms with Crippen LogP contribution in [0.15, 0.2) is 65.4 Å². The minimum Gasteiger partial charge on any atom is -0.292 e. The fraction of sp³-hybridized carbons (Fsp3) is 0.150. The molecule has 2 atom stereocenters. The maximum Gasteiger partial charge on any atom is 0.181 e. The van der Waals surface area contributed by atoms with Gasteiger partial charge in [-0.05, 0) is 53.1 Å². The standard InChI is InChI=1S/C20H15N3OS2/c24-17-12-13(18-7-3-9-25-18)11-14(19-8-4-10-26-19)20(17)23-16-6-2-1-5-15(16)21-22-23/h1-10,12,14,20H,11H2/t14-,20+/m1/s1. The highest BCUT2D eigenvalue weighted by atomic mass is 32.1. The molecule has 26 heavy (non-hydrogen) atoms. The molecule has 4 aromatic rings. The predicted octanol–water partition coefficient (Wildman–Crippen LogP) is 4.94. The molecule has 0 radical (unpaired) electrons. The number of fused-ring (bicyclic) bond motifs is 1. The van der Waals surface area contributed by atoms with E-state index in [1.54, 1.807) is 28.7 Å². The number of ketones is 1. The lowest BCUT2D eigenvalue weighted by atomic mass is 9.82. The second-order valence-corrected chi connectivity index (χ2v) is 8.27. The number of aromatic nitrogens is 3. The number of hydrogen-bond donors (Lipinski definition) is 0. The van der Waals surface area contributed by atoms with E-state index in [0.29, 0.717) is 0 Å². The number of thiophene rings is 2. The van der Waals surface area contributed by atoms with E-state index in [2.05, 4.69) is 33.2 Å². The van der Waals surface area contributed by atoms with E-state index in [1.165, 1.54) is 9.75 Å². The second kappa shape index (κ2) is 6.30. The molecule has 0 fully saturated rings. The van der Waals surface area contributed by atoms with Gasteiger partial charge in [0, 0.05) is 15.7 Å². The Hall–Kier alpha value is -2.57. The van der Waals surface area contributed by atoms with Crippen molar-refractivity contribution >= 4 is 45.1 Å². The molecule has 1 aliphatic rings. The van der Waals surface area contributed by atoms with Gasteiger partial charge in [0.15, 0.2) is 5.78 Å². The van der Waals surface area contributed by atoms with Crippen molar-refractivity contribution in [1.29, 1.82) is 0 Å². The van der Waals surface area contributed by atoms with E-state index in [1.807, 2.05) is 41.1 Å². The lowest BCUT2D eigenvalue weighted by molar-refractivity contribution is -0.118. The summed E-state index contributed by atoms with van der Waals surface area (Å²) >= 11 is 3.38. The Morgan fingerprint density at radius 1 is 1.00 bits per heavy atom. The van der Waals surface area contributed by atoms with E-state index >= 15 is 0 Å². The molecule has 6 heteroatoms. The number of allylic oxidation sites excluding steroid dienone is 2. The summed E-state index contributed by atoms with van der Waals surface area (Å²) in [5.41, 5.74) is 2.84. The van der Waals surface area contributed by atoms with E-state index in [-0.39, 0.29) is 17.7 Å². The van der Waals surface area contributed by atoms with E-state index in [9.17, 15) is 4.79 Å². The molecule has 0 saturated carbocycles. The average Bonchev–Trinajstić information content (AvgIpc) is 3.41. The first-order chi connectivity index (χ1) is 12.8. The van der Waals surface area contributed by atoms with Crippen LogP contribution in [-0.2, 0) is 4.79 Å². The van der Waals surface area contributed by atoms with E-state index in [4.69, 9.17) is 0 Å². The van der Waals surface area contributed by atoms with Crippen molar-refractivity contribution in [2.24, 2.45) is 0 Å². The molecular weight excluding hydrogens is 362 g/mol. The molecule has 3 heterocycles. The van der Waals surface area contributed by atoms with Gasteiger partial charge in [-0.1, -0.05) is 29.5 Å². The fourth-order valence-electron chi connectivity index (χ4n) is 3.64. The Balaban J connectivity index is 1.66. The van der Waals surface area contributed by atoms with Crippen LogP contribution < -0.4 is 0 Å². The molecule has 0 aliphatic heterocycles. The number of benzene rings is 1. The van der Waals surface area contributed by atoms with Crippen molar-refractivity contribution in [2.45, 2.75) is 18.4 Å². The van der Waals surface area contributed by atoms with Crippen molar-refractivity contribution in [3.05, 3.63) is 75.1 Å². The highest BCUT2D eigenvalue weighted by Gasteiger charge is 2.37. The van der Waals surface area contributed by atoms with Crippen LogP contribution in [0, 0.1) is 0 Å². The zero-order valence-corrected chi connectivity index (χ0v) is 15.4. The average molecular weight is 377 g/mol. The second-order valence-electron chi connectivity index (χ2n) is 6.34. The van der Waals surface area contributed by atoms with Gasteiger partial charge >= 0.3 is 0 Å². The van der Waals surface area contributed by atoms with E-state index < -0.39 is 0 Å². The molecule has 0 saturated heterocycles. The Morgan fingerprint density at radius 3 is 2.65 bits per heavy atom. The third-order valence-corrected chi connectivity index (χ3v) is 6.77. The SMILES string of the molecule is O=C1C=C(c2cccs2)C[C@H](c2cccs2)[C@@H]1n1nnc2ccccc21. The molecule has 1 aliphatic carbocycles. The highest BCUT2D eigenvalue weighted by Crippen LogP contribution is 2.44. The van der Waals surface area contributed by atoms with Crippen molar-refractivity contribution in [3.8, 4) is 0 Å². The molecule has 3 aromatic heterocycles. The van der Waals surface area contributed by atoms with Gasteiger partial charge in [-0.3, -0.25) is 4.79 Å². The summed E-state index contributed by atoms with van der Waals surface area (Å²) in [6, 6.07) is 15.7. The lowest BCUT2D eigenvalue weighted by Crippen LogP contribution is -2.29. The van der Waals surface area contributed by atoms with Gasteiger partial charge in [-0.2, -0.15) is 0 Å². The quantitative estimate of drug-likeness (QED) is 0.508. The van der Waals surface area contributed by atoms with Crippen LogP contribution in [0.4, 0.5) is 0 Å². The Labute approximate surface area is 158 Å². The maximum atomic E-state index is 13.2.